The number of hydrogen-bond acceptors (Lipinski definition) is 4. The van der Waals surface area contributed by atoms with Gasteiger partial charge in [-0.2, -0.15) is 4.98 Å². The molecule has 0 bridgehead atoms. The predicted molar refractivity (Wildman–Crippen MR) is 109 cm³/mol. The molecule has 0 radical (unpaired) electrons. The molecule has 1 aromatic heterocycles. The molecular formula is C23H24FN3O2. The van der Waals surface area contributed by atoms with Crippen LogP contribution in [0.1, 0.15) is 50.1 Å². The minimum absolute atomic E-state index is 0.0321. The Morgan fingerprint density at radius 3 is 2.52 bits per heavy atom. The van der Waals surface area contributed by atoms with Gasteiger partial charge in [0.25, 0.3) is 0 Å². The molecule has 0 aliphatic carbocycles. The van der Waals surface area contributed by atoms with E-state index in [1.165, 1.54) is 11.6 Å². The van der Waals surface area contributed by atoms with Crippen LogP contribution in [-0.4, -0.2) is 22.6 Å². The third-order valence-electron chi connectivity index (χ3n) is 5.38. The first kappa shape index (κ1) is 19.3. The number of aryl methyl sites for hydroxylation is 1. The molecule has 1 fully saturated rings. The monoisotopic (exact) mass is 393 g/mol. The molecule has 3 aromatic rings. The van der Waals surface area contributed by atoms with Gasteiger partial charge in [-0.05, 0) is 41.7 Å². The highest BCUT2D eigenvalue weighted by Crippen LogP contribution is 2.33. The van der Waals surface area contributed by atoms with E-state index in [2.05, 4.69) is 43.0 Å². The molecule has 1 aliphatic rings. The highest BCUT2D eigenvalue weighted by Gasteiger charge is 2.35. The molecule has 2 heterocycles. The molecule has 29 heavy (non-hydrogen) atoms. The number of benzene rings is 2. The quantitative estimate of drug-likeness (QED) is 0.628. The summed E-state index contributed by atoms with van der Waals surface area (Å²) in [7, 11) is 0. The molecule has 1 aliphatic heterocycles. The van der Waals surface area contributed by atoms with Gasteiger partial charge in [-0.1, -0.05) is 50.2 Å². The lowest BCUT2D eigenvalue weighted by atomic mass is 9.87. The Morgan fingerprint density at radius 2 is 1.86 bits per heavy atom. The Bertz CT molecular complexity index is 1050. The number of rotatable bonds is 3. The number of halogens is 1. The van der Waals surface area contributed by atoms with Crippen molar-refractivity contribution in [1.82, 2.24) is 10.1 Å². The summed E-state index contributed by atoms with van der Waals surface area (Å²) in [6.07, 6.45) is 0.293. The zero-order valence-electron chi connectivity index (χ0n) is 17.1. The fourth-order valence-corrected chi connectivity index (χ4v) is 3.56. The maximum Gasteiger partial charge on any atom is 0.232 e. The number of aromatic nitrogens is 2. The van der Waals surface area contributed by atoms with E-state index in [1.54, 1.807) is 24.0 Å². The Balaban J connectivity index is 1.52. The molecule has 1 saturated heterocycles. The average Bonchev–Trinajstić information content (AvgIpc) is 3.30. The average molecular weight is 393 g/mol. The van der Waals surface area contributed by atoms with E-state index in [4.69, 9.17) is 4.52 Å². The molecule has 1 atom stereocenters. The molecule has 0 N–H and O–H groups in total. The lowest BCUT2D eigenvalue weighted by Crippen LogP contribution is -2.24. The second-order valence-electron chi connectivity index (χ2n) is 8.62. The van der Waals surface area contributed by atoms with Gasteiger partial charge < -0.3 is 9.42 Å². The van der Waals surface area contributed by atoms with Gasteiger partial charge in [-0.25, -0.2) is 4.39 Å². The van der Waals surface area contributed by atoms with Crippen LogP contribution >= 0.6 is 0 Å². The summed E-state index contributed by atoms with van der Waals surface area (Å²) in [5.74, 6) is 0.479. The molecule has 2 aromatic carbocycles. The van der Waals surface area contributed by atoms with Crippen molar-refractivity contribution < 1.29 is 13.7 Å². The van der Waals surface area contributed by atoms with Crippen molar-refractivity contribution >= 4 is 11.6 Å². The van der Waals surface area contributed by atoms with E-state index in [0.29, 0.717) is 35.9 Å². The lowest BCUT2D eigenvalue weighted by molar-refractivity contribution is -0.117. The number of anilines is 1. The van der Waals surface area contributed by atoms with E-state index in [-0.39, 0.29) is 23.1 Å². The van der Waals surface area contributed by atoms with Gasteiger partial charge in [0.1, 0.15) is 5.82 Å². The summed E-state index contributed by atoms with van der Waals surface area (Å²) in [6, 6.07) is 12.8. The summed E-state index contributed by atoms with van der Waals surface area (Å²) < 4.78 is 19.0. The summed E-state index contributed by atoms with van der Waals surface area (Å²) in [5.41, 5.74) is 3.39. The van der Waals surface area contributed by atoms with Gasteiger partial charge in [-0.3, -0.25) is 4.79 Å². The minimum Gasteiger partial charge on any atom is -0.339 e. The molecule has 1 amide bonds. The molecule has 0 spiro atoms. The molecule has 6 heteroatoms. The lowest BCUT2D eigenvalue weighted by Gasteiger charge is -2.18. The second-order valence-corrected chi connectivity index (χ2v) is 8.62. The molecular weight excluding hydrogens is 369 g/mol. The predicted octanol–water partition coefficient (Wildman–Crippen LogP) is 5.00. The van der Waals surface area contributed by atoms with Crippen molar-refractivity contribution in [3.8, 4) is 11.4 Å². The first-order chi connectivity index (χ1) is 13.7. The largest absolute Gasteiger partial charge is 0.339 e. The first-order valence-electron chi connectivity index (χ1n) is 9.73. The summed E-state index contributed by atoms with van der Waals surface area (Å²) in [6.45, 7) is 8.63. The zero-order valence-corrected chi connectivity index (χ0v) is 17.1. The minimum atomic E-state index is -0.282. The summed E-state index contributed by atoms with van der Waals surface area (Å²) >= 11 is 0. The van der Waals surface area contributed by atoms with Crippen molar-refractivity contribution in [2.24, 2.45) is 0 Å². The van der Waals surface area contributed by atoms with Gasteiger partial charge in [0.15, 0.2) is 0 Å². The highest BCUT2D eigenvalue weighted by atomic mass is 19.1. The molecule has 0 saturated carbocycles. The van der Waals surface area contributed by atoms with Crippen molar-refractivity contribution in [3.63, 3.8) is 0 Å². The van der Waals surface area contributed by atoms with Crippen molar-refractivity contribution in [2.75, 3.05) is 11.4 Å². The summed E-state index contributed by atoms with van der Waals surface area (Å²) in [4.78, 5) is 18.7. The standard InChI is InChI=1S/C23H24FN3O2/c1-14-11-18(9-10-19(14)24)27-13-16(12-20(27)28)22-25-21(26-29-22)15-5-7-17(8-6-15)23(2,3)4/h5-11,16H,12-13H2,1-4H3. The van der Waals surface area contributed by atoms with Gasteiger partial charge in [-0.15, -0.1) is 0 Å². The van der Waals surface area contributed by atoms with Crippen LogP contribution in [0.15, 0.2) is 47.0 Å². The Kier molecular flexibility index (Phi) is 4.73. The maximum atomic E-state index is 13.5. The molecule has 5 nitrogen and oxygen atoms in total. The van der Waals surface area contributed by atoms with Gasteiger partial charge in [0.2, 0.25) is 17.6 Å². The van der Waals surface area contributed by atoms with E-state index in [9.17, 15) is 9.18 Å². The van der Waals surface area contributed by atoms with Crippen LogP contribution in [0.2, 0.25) is 0 Å². The number of carbonyl (C=O) groups is 1. The van der Waals surface area contributed by atoms with Crippen LogP contribution in [0.3, 0.4) is 0 Å². The van der Waals surface area contributed by atoms with Crippen LogP contribution in [0.4, 0.5) is 10.1 Å². The fourth-order valence-electron chi connectivity index (χ4n) is 3.56. The smallest absolute Gasteiger partial charge is 0.232 e. The fraction of sp³-hybridized carbons (Fsp3) is 0.348. The Hall–Kier alpha value is -3.02. The van der Waals surface area contributed by atoms with Gasteiger partial charge >= 0.3 is 0 Å². The van der Waals surface area contributed by atoms with Crippen LogP contribution < -0.4 is 4.90 Å². The van der Waals surface area contributed by atoms with Crippen molar-refractivity contribution in [3.05, 3.63) is 65.3 Å². The third-order valence-corrected chi connectivity index (χ3v) is 5.38. The van der Waals surface area contributed by atoms with Gasteiger partial charge in [0.05, 0.1) is 5.92 Å². The maximum absolute atomic E-state index is 13.5. The number of amides is 1. The molecule has 4 rings (SSSR count). The third kappa shape index (κ3) is 3.79. The number of nitrogens with zero attached hydrogens (tertiary/aromatic N) is 3. The highest BCUT2D eigenvalue weighted by molar-refractivity contribution is 5.96. The van der Waals surface area contributed by atoms with Crippen LogP contribution in [0, 0.1) is 12.7 Å². The number of hydrogen-bond donors (Lipinski definition) is 0. The van der Waals surface area contributed by atoms with Crippen molar-refractivity contribution in [1.29, 1.82) is 0 Å². The van der Waals surface area contributed by atoms with Crippen LogP contribution in [0.25, 0.3) is 11.4 Å². The second kappa shape index (κ2) is 7.10. The van der Waals surface area contributed by atoms with Crippen LogP contribution in [-0.2, 0) is 10.2 Å². The van der Waals surface area contributed by atoms with E-state index >= 15 is 0 Å². The SMILES string of the molecule is Cc1cc(N2CC(c3nc(-c4ccc(C(C)(C)C)cc4)no3)CC2=O)ccc1F. The normalized spacial score (nSPS) is 17.2. The van der Waals surface area contributed by atoms with E-state index < -0.39 is 0 Å². The van der Waals surface area contributed by atoms with Gasteiger partial charge in [0, 0.05) is 24.2 Å². The Morgan fingerprint density at radius 1 is 1.14 bits per heavy atom. The van der Waals surface area contributed by atoms with Crippen LogP contribution in [0.5, 0.6) is 0 Å². The first-order valence-corrected chi connectivity index (χ1v) is 9.73. The Labute approximate surface area is 169 Å². The topological polar surface area (TPSA) is 59.2 Å². The zero-order chi connectivity index (χ0) is 20.8. The molecule has 1 unspecified atom stereocenters. The molecule has 150 valence electrons. The van der Waals surface area contributed by atoms with E-state index in [1.807, 2.05) is 12.1 Å². The van der Waals surface area contributed by atoms with E-state index in [0.717, 1.165) is 5.56 Å². The number of carbonyl (C=O) groups excluding carboxylic acids is 1. The summed E-state index contributed by atoms with van der Waals surface area (Å²) in [5, 5.41) is 4.11. The van der Waals surface area contributed by atoms with Crippen molar-refractivity contribution in [2.45, 2.75) is 45.4 Å².